The fourth-order valence-electron chi connectivity index (χ4n) is 1.00. The number of benzene rings is 1. The zero-order chi connectivity index (χ0) is 10.6. The number of aliphatic hydroxyl groups is 1. The van der Waals surface area contributed by atoms with Crippen molar-refractivity contribution in [2.24, 2.45) is 0 Å². The molecule has 76 valence electrons. The summed E-state index contributed by atoms with van der Waals surface area (Å²) in [4.78, 5) is 9.89. The first-order valence-corrected chi connectivity index (χ1v) is 4.24. The van der Waals surface area contributed by atoms with E-state index in [-0.39, 0.29) is 5.69 Å². The molecule has 5 nitrogen and oxygen atoms in total. The molecule has 0 bridgehead atoms. The Labute approximate surface area is 81.5 Å². The molecule has 0 spiro atoms. The molecular formula is C9H12N2O3. The highest BCUT2D eigenvalue weighted by Crippen LogP contribution is 2.11. The van der Waals surface area contributed by atoms with Crippen LogP contribution in [0.15, 0.2) is 24.3 Å². The Morgan fingerprint density at radius 2 is 2.07 bits per heavy atom. The SMILES string of the molecule is CC(O)NCc1ccc([N+](=O)[O-])cc1. The summed E-state index contributed by atoms with van der Waals surface area (Å²) < 4.78 is 0. The predicted octanol–water partition coefficient (Wildman–Crippen LogP) is 1.02. The third kappa shape index (κ3) is 3.12. The van der Waals surface area contributed by atoms with Gasteiger partial charge in [0.15, 0.2) is 0 Å². The molecule has 0 fully saturated rings. The highest BCUT2D eigenvalue weighted by molar-refractivity contribution is 5.32. The first kappa shape index (κ1) is 10.6. The second kappa shape index (κ2) is 4.69. The minimum Gasteiger partial charge on any atom is -0.379 e. The molecule has 1 unspecified atom stereocenters. The van der Waals surface area contributed by atoms with E-state index < -0.39 is 11.2 Å². The molecule has 1 rings (SSSR count). The van der Waals surface area contributed by atoms with E-state index in [0.717, 1.165) is 5.56 Å². The van der Waals surface area contributed by atoms with Crippen LogP contribution in [0.2, 0.25) is 0 Å². The first-order valence-electron chi connectivity index (χ1n) is 4.24. The number of hydrogen-bond acceptors (Lipinski definition) is 4. The summed E-state index contributed by atoms with van der Waals surface area (Å²) in [6.07, 6.45) is -0.579. The lowest BCUT2D eigenvalue weighted by molar-refractivity contribution is -0.384. The number of aliphatic hydroxyl groups excluding tert-OH is 1. The van der Waals surface area contributed by atoms with Gasteiger partial charge in [0.1, 0.15) is 6.23 Å². The van der Waals surface area contributed by atoms with E-state index in [0.29, 0.717) is 6.54 Å². The molecule has 14 heavy (non-hydrogen) atoms. The first-order chi connectivity index (χ1) is 6.59. The lowest BCUT2D eigenvalue weighted by Crippen LogP contribution is -2.24. The lowest BCUT2D eigenvalue weighted by atomic mass is 10.2. The van der Waals surface area contributed by atoms with Crippen molar-refractivity contribution < 1.29 is 10.0 Å². The van der Waals surface area contributed by atoms with Crippen molar-refractivity contribution >= 4 is 5.69 Å². The van der Waals surface area contributed by atoms with Crippen LogP contribution in [0.3, 0.4) is 0 Å². The van der Waals surface area contributed by atoms with E-state index in [1.54, 1.807) is 19.1 Å². The molecule has 5 heteroatoms. The smallest absolute Gasteiger partial charge is 0.269 e. The zero-order valence-corrected chi connectivity index (χ0v) is 7.80. The molecule has 0 saturated heterocycles. The average Bonchev–Trinajstić information content (AvgIpc) is 2.15. The van der Waals surface area contributed by atoms with Crippen LogP contribution < -0.4 is 5.32 Å². The zero-order valence-electron chi connectivity index (χ0n) is 7.80. The Bertz CT molecular complexity index is 308. The third-order valence-electron chi connectivity index (χ3n) is 1.75. The van der Waals surface area contributed by atoms with Crippen molar-refractivity contribution in [1.29, 1.82) is 0 Å². The second-order valence-electron chi connectivity index (χ2n) is 2.98. The van der Waals surface area contributed by atoms with Gasteiger partial charge in [-0.2, -0.15) is 0 Å². The van der Waals surface area contributed by atoms with Crippen molar-refractivity contribution in [2.75, 3.05) is 0 Å². The van der Waals surface area contributed by atoms with Crippen molar-refractivity contribution in [1.82, 2.24) is 5.32 Å². The molecule has 0 aliphatic heterocycles. The maximum atomic E-state index is 10.3. The Balaban J connectivity index is 2.60. The Morgan fingerprint density at radius 1 is 1.50 bits per heavy atom. The molecule has 2 N–H and O–H groups in total. The van der Waals surface area contributed by atoms with Gasteiger partial charge in [0, 0.05) is 18.7 Å². The normalized spacial score (nSPS) is 12.4. The minimum atomic E-state index is -0.579. The Kier molecular flexibility index (Phi) is 3.55. The average molecular weight is 196 g/mol. The summed E-state index contributed by atoms with van der Waals surface area (Å²) in [5.74, 6) is 0. The predicted molar refractivity (Wildman–Crippen MR) is 51.6 cm³/mol. The van der Waals surface area contributed by atoms with Crippen molar-refractivity contribution in [2.45, 2.75) is 19.7 Å². The van der Waals surface area contributed by atoms with Crippen LogP contribution in [0.25, 0.3) is 0 Å². The molecule has 1 aromatic carbocycles. The molecule has 0 aliphatic rings. The number of rotatable bonds is 4. The number of non-ortho nitro benzene ring substituents is 1. The van der Waals surface area contributed by atoms with Crippen LogP contribution in [-0.4, -0.2) is 16.3 Å². The molecule has 0 heterocycles. The highest BCUT2D eigenvalue weighted by atomic mass is 16.6. The largest absolute Gasteiger partial charge is 0.379 e. The number of nitrogens with one attached hydrogen (secondary N) is 1. The topological polar surface area (TPSA) is 75.4 Å². The number of nitrogens with zero attached hydrogens (tertiary/aromatic N) is 1. The molecule has 1 atom stereocenters. The molecular weight excluding hydrogens is 184 g/mol. The summed E-state index contributed by atoms with van der Waals surface area (Å²) >= 11 is 0. The molecule has 0 radical (unpaired) electrons. The lowest BCUT2D eigenvalue weighted by Gasteiger charge is -2.06. The summed E-state index contributed by atoms with van der Waals surface area (Å²) in [6.45, 7) is 2.11. The van der Waals surface area contributed by atoms with Crippen LogP contribution in [-0.2, 0) is 6.54 Å². The van der Waals surface area contributed by atoms with E-state index in [2.05, 4.69) is 5.32 Å². The van der Waals surface area contributed by atoms with E-state index in [1.165, 1.54) is 12.1 Å². The highest BCUT2D eigenvalue weighted by Gasteiger charge is 2.03. The molecule has 0 aromatic heterocycles. The van der Waals surface area contributed by atoms with Gasteiger partial charge >= 0.3 is 0 Å². The summed E-state index contributed by atoms with van der Waals surface area (Å²) in [6, 6.07) is 6.21. The van der Waals surface area contributed by atoms with Gasteiger partial charge in [-0.3, -0.25) is 15.4 Å². The molecule has 0 amide bonds. The van der Waals surface area contributed by atoms with Gasteiger partial charge in [-0.1, -0.05) is 12.1 Å². The van der Waals surface area contributed by atoms with Crippen LogP contribution in [0.4, 0.5) is 5.69 Å². The van der Waals surface area contributed by atoms with E-state index >= 15 is 0 Å². The third-order valence-corrected chi connectivity index (χ3v) is 1.75. The summed E-state index contributed by atoms with van der Waals surface area (Å²) in [5.41, 5.74) is 0.974. The maximum absolute atomic E-state index is 10.3. The standard InChI is InChI=1S/C9H12N2O3/c1-7(12)10-6-8-2-4-9(5-3-8)11(13)14/h2-5,7,10,12H,6H2,1H3. The van der Waals surface area contributed by atoms with E-state index in [1.807, 2.05) is 0 Å². The fraction of sp³-hybridized carbons (Fsp3) is 0.333. The van der Waals surface area contributed by atoms with Crippen molar-refractivity contribution in [3.63, 3.8) is 0 Å². The maximum Gasteiger partial charge on any atom is 0.269 e. The summed E-state index contributed by atoms with van der Waals surface area (Å²) in [7, 11) is 0. The molecule has 0 aliphatic carbocycles. The van der Waals surface area contributed by atoms with Crippen molar-refractivity contribution in [3.05, 3.63) is 39.9 Å². The number of hydrogen-bond donors (Lipinski definition) is 2. The number of nitro benzene ring substituents is 1. The Morgan fingerprint density at radius 3 is 2.50 bits per heavy atom. The quantitative estimate of drug-likeness (QED) is 0.428. The van der Waals surface area contributed by atoms with Crippen LogP contribution in [0.5, 0.6) is 0 Å². The van der Waals surface area contributed by atoms with Crippen LogP contribution in [0.1, 0.15) is 12.5 Å². The molecule has 0 saturated carbocycles. The fourth-order valence-corrected chi connectivity index (χ4v) is 1.00. The second-order valence-corrected chi connectivity index (χ2v) is 2.98. The van der Waals surface area contributed by atoms with Gasteiger partial charge in [-0.25, -0.2) is 0 Å². The van der Waals surface area contributed by atoms with Gasteiger partial charge in [0.25, 0.3) is 5.69 Å². The number of nitro groups is 1. The monoisotopic (exact) mass is 196 g/mol. The van der Waals surface area contributed by atoms with Gasteiger partial charge in [-0.15, -0.1) is 0 Å². The summed E-state index contributed by atoms with van der Waals surface area (Å²) in [5, 5.41) is 22.1. The van der Waals surface area contributed by atoms with E-state index in [9.17, 15) is 10.1 Å². The van der Waals surface area contributed by atoms with Gasteiger partial charge in [-0.05, 0) is 12.5 Å². The van der Waals surface area contributed by atoms with Gasteiger partial charge in [0.05, 0.1) is 4.92 Å². The minimum absolute atomic E-state index is 0.0748. The van der Waals surface area contributed by atoms with Crippen LogP contribution in [0, 0.1) is 10.1 Å². The Hall–Kier alpha value is -1.46. The van der Waals surface area contributed by atoms with Gasteiger partial charge in [0.2, 0.25) is 0 Å². The van der Waals surface area contributed by atoms with E-state index in [4.69, 9.17) is 5.11 Å². The molecule has 1 aromatic rings. The van der Waals surface area contributed by atoms with Crippen LogP contribution >= 0.6 is 0 Å². The van der Waals surface area contributed by atoms with Gasteiger partial charge < -0.3 is 5.11 Å². The van der Waals surface area contributed by atoms with Crippen molar-refractivity contribution in [3.8, 4) is 0 Å².